The van der Waals surface area contributed by atoms with Crippen LogP contribution in [-0.2, 0) is 4.79 Å². The lowest BCUT2D eigenvalue weighted by Gasteiger charge is -2.20. The van der Waals surface area contributed by atoms with E-state index in [4.69, 9.17) is 0 Å². The van der Waals surface area contributed by atoms with Crippen molar-refractivity contribution >= 4 is 17.3 Å². The van der Waals surface area contributed by atoms with Crippen LogP contribution in [0.1, 0.15) is 22.7 Å². The van der Waals surface area contributed by atoms with E-state index < -0.39 is 6.04 Å². The van der Waals surface area contributed by atoms with Crippen LogP contribution in [0.2, 0.25) is 0 Å². The Labute approximate surface area is 152 Å². The van der Waals surface area contributed by atoms with E-state index in [-0.39, 0.29) is 11.7 Å². The molecule has 0 heterocycles. The van der Waals surface area contributed by atoms with E-state index in [0.717, 1.165) is 16.8 Å². The van der Waals surface area contributed by atoms with Gasteiger partial charge in [0, 0.05) is 11.4 Å². The number of carbonyl (C=O) groups excluding carboxylic acids is 1. The first-order valence-electron chi connectivity index (χ1n) is 8.48. The van der Waals surface area contributed by atoms with Crippen molar-refractivity contribution in [3.05, 3.63) is 95.3 Å². The molecule has 3 aromatic carbocycles. The molecule has 0 spiro atoms. The molecule has 3 nitrogen and oxygen atoms in total. The number of nitrogens with one attached hydrogen (secondary N) is 2. The zero-order valence-corrected chi connectivity index (χ0v) is 14.8. The summed E-state index contributed by atoms with van der Waals surface area (Å²) in [4.78, 5) is 12.9. The normalized spacial score (nSPS) is 11.7. The minimum Gasteiger partial charge on any atom is -0.370 e. The topological polar surface area (TPSA) is 41.1 Å². The smallest absolute Gasteiger partial charge is 0.251 e. The number of carbonyl (C=O) groups is 1. The molecule has 1 amide bonds. The van der Waals surface area contributed by atoms with Gasteiger partial charge in [-0.2, -0.15) is 0 Å². The quantitative estimate of drug-likeness (QED) is 0.662. The molecular formula is C22H21FN2O. The summed E-state index contributed by atoms with van der Waals surface area (Å²) in [6.07, 6.45) is 0. The van der Waals surface area contributed by atoms with Gasteiger partial charge in [-0.1, -0.05) is 36.4 Å². The summed E-state index contributed by atoms with van der Waals surface area (Å²) in [7, 11) is 0. The number of rotatable bonds is 5. The Hall–Kier alpha value is -3.14. The lowest BCUT2D eigenvalue weighted by Crippen LogP contribution is -2.27. The molecule has 2 N–H and O–H groups in total. The first-order chi connectivity index (χ1) is 12.5. The lowest BCUT2D eigenvalue weighted by atomic mass is 10.0. The number of amides is 1. The second-order valence-electron chi connectivity index (χ2n) is 6.28. The maximum Gasteiger partial charge on any atom is 0.251 e. The highest BCUT2D eigenvalue weighted by Gasteiger charge is 2.20. The third-order valence-electron chi connectivity index (χ3n) is 4.32. The van der Waals surface area contributed by atoms with E-state index in [1.165, 1.54) is 17.7 Å². The summed E-state index contributed by atoms with van der Waals surface area (Å²) >= 11 is 0. The third kappa shape index (κ3) is 4.28. The lowest BCUT2D eigenvalue weighted by molar-refractivity contribution is -0.117. The molecule has 1 atom stereocenters. The Bertz CT molecular complexity index is 892. The largest absolute Gasteiger partial charge is 0.370 e. The molecule has 0 bridgehead atoms. The molecule has 4 heteroatoms. The second kappa shape index (κ2) is 7.83. The van der Waals surface area contributed by atoms with Gasteiger partial charge in [0.1, 0.15) is 11.9 Å². The van der Waals surface area contributed by atoms with Gasteiger partial charge in [0.05, 0.1) is 0 Å². The molecule has 0 aliphatic rings. The summed E-state index contributed by atoms with van der Waals surface area (Å²) < 4.78 is 13.1. The number of benzene rings is 3. The van der Waals surface area contributed by atoms with Crippen molar-refractivity contribution in [2.75, 3.05) is 10.6 Å². The molecular weight excluding hydrogens is 327 g/mol. The zero-order chi connectivity index (χ0) is 18.5. The Morgan fingerprint density at radius 1 is 0.846 bits per heavy atom. The van der Waals surface area contributed by atoms with Crippen molar-refractivity contribution in [2.24, 2.45) is 0 Å². The van der Waals surface area contributed by atoms with E-state index in [2.05, 4.69) is 17.6 Å². The highest BCUT2D eigenvalue weighted by atomic mass is 19.1. The van der Waals surface area contributed by atoms with Gasteiger partial charge in [-0.3, -0.25) is 4.79 Å². The van der Waals surface area contributed by atoms with Crippen LogP contribution in [0.4, 0.5) is 15.8 Å². The molecule has 0 aliphatic heterocycles. The highest BCUT2D eigenvalue weighted by molar-refractivity contribution is 5.97. The molecule has 0 unspecified atom stereocenters. The van der Waals surface area contributed by atoms with Crippen LogP contribution in [0.3, 0.4) is 0 Å². The summed E-state index contributed by atoms with van der Waals surface area (Å²) in [6.45, 7) is 4.09. The van der Waals surface area contributed by atoms with Crippen molar-refractivity contribution in [3.63, 3.8) is 0 Å². The predicted molar refractivity (Wildman–Crippen MR) is 104 cm³/mol. The molecule has 0 aliphatic carbocycles. The number of anilines is 2. The first-order valence-corrected chi connectivity index (χ1v) is 8.48. The molecule has 3 aromatic rings. The second-order valence-corrected chi connectivity index (χ2v) is 6.28. The Morgan fingerprint density at radius 2 is 1.50 bits per heavy atom. The standard InChI is InChI=1S/C22H21FN2O/c1-15-8-11-20(14-16(15)2)24-21(17-6-4-3-5-7-17)22(26)25-19-12-9-18(23)10-13-19/h3-14,21,24H,1-2H3,(H,25,26)/t21-/m1/s1. The molecule has 3 rings (SSSR count). The van der Waals surface area contributed by atoms with E-state index in [1.54, 1.807) is 12.1 Å². The minimum absolute atomic E-state index is 0.207. The van der Waals surface area contributed by atoms with Gasteiger partial charge in [-0.05, 0) is 66.9 Å². The van der Waals surface area contributed by atoms with Gasteiger partial charge in [-0.25, -0.2) is 4.39 Å². The molecule has 0 radical (unpaired) electrons. The molecule has 132 valence electrons. The van der Waals surface area contributed by atoms with Crippen LogP contribution in [0.25, 0.3) is 0 Å². The van der Waals surface area contributed by atoms with E-state index >= 15 is 0 Å². The van der Waals surface area contributed by atoms with Crippen LogP contribution >= 0.6 is 0 Å². The number of hydrogen-bond donors (Lipinski definition) is 2. The summed E-state index contributed by atoms with van der Waals surface area (Å²) in [5, 5.41) is 6.15. The fourth-order valence-corrected chi connectivity index (χ4v) is 2.69. The van der Waals surface area contributed by atoms with Gasteiger partial charge in [0.2, 0.25) is 0 Å². The average Bonchev–Trinajstić information content (AvgIpc) is 2.65. The fraction of sp³-hybridized carbons (Fsp3) is 0.136. The average molecular weight is 348 g/mol. The molecule has 26 heavy (non-hydrogen) atoms. The van der Waals surface area contributed by atoms with Gasteiger partial charge in [0.25, 0.3) is 5.91 Å². The fourth-order valence-electron chi connectivity index (χ4n) is 2.69. The van der Waals surface area contributed by atoms with Crippen LogP contribution in [0.15, 0.2) is 72.8 Å². The summed E-state index contributed by atoms with van der Waals surface area (Å²) in [5.74, 6) is -0.545. The van der Waals surface area contributed by atoms with E-state index in [1.807, 2.05) is 55.5 Å². The zero-order valence-electron chi connectivity index (χ0n) is 14.8. The van der Waals surface area contributed by atoms with Gasteiger partial charge in [0.15, 0.2) is 0 Å². The number of halogens is 1. The summed E-state index contributed by atoms with van der Waals surface area (Å²) in [5.41, 5.74) is 4.63. The van der Waals surface area contributed by atoms with Crippen LogP contribution in [0.5, 0.6) is 0 Å². The monoisotopic (exact) mass is 348 g/mol. The third-order valence-corrected chi connectivity index (χ3v) is 4.32. The Balaban J connectivity index is 1.86. The number of aryl methyl sites for hydroxylation is 2. The van der Waals surface area contributed by atoms with Crippen molar-refractivity contribution in [2.45, 2.75) is 19.9 Å². The van der Waals surface area contributed by atoms with Crippen molar-refractivity contribution in [3.8, 4) is 0 Å². The Morgan fingerprint density at radius 3 is 2.15 bits per heavy atom. The van der Waals surface area contributed by atoms with Gasteiger partial charge < -0.3 is 10.6 Å². The highest BCUT2D eigenvalue weighted by Crippen LogP contribution is 2.23. The van der Waals surface area contributed by atoms with E-state index in [0.29, 0.717) is 5.69 Å². The maximum absolute atomic E-state index is 13.1. The number of hydrogen-bond acceptors (Lipinski definition) is 2. The first kappa shape index (κ1) is 17.7. The van der Waals surface area contributed by atoms with Crippen LogP contribution in [0, 0.1) is 19.7 Å². The SMILES string of the molecule is Cc1ccc(N[C@@H](C(=O)Nc2ccc(F)cc2)c2ccccc2)cc1C. The molecule has 0 fully saturated rings. The maximum atomic E-state index is 13.1. The van der Waals surface area contributed by atoms with Gasteiger partial charge >= 0.3 is 0 Å². The summed E-state index contributed by atoms with van der Waals surface area (Å²) in [6, 6.07) is 20.7. The van der Waals surface area contributed by atoms with E-state index in [9.17, 15) is 9.18 Å². The molecule has 0 saturated carbocycles. The van der Waals surface area contributed by atoms with Crippen molar-refractivity contribution < 1.29 is 9.18 Å². The molecule has 0 saturated heterocycles. The van der Waals surface area contributed by atoms with Crippen molar-refractivity contribution in [1.82, 2.24) is 0 Å². The van der Waals surface area contributed by atoms with Crippen LogP contribution < -0.4 is 10.6 Å². The molecule has 0 aromatic heterocycles. The Kier molecular flexibility index (Phi) is 5.32. The van der Waals surface area contributed by atoms with Crippen molar-refractivity contribution in [1.29, 1.82) is 0 Å². The minimum atomic E-state index is -0.566. The predicted octanol–water partition coefficient (Wildman–Crippen LogP) is 5.23. The van der Waals surface area contributed by atoms with Crippen LogP contribution in [-0.4, -0.2) is 5.91 Å². The van der Waals surface area contributed by atoms with Gasteiger partial charge in [-0.15, -0.1) is 0 Å².